The van der Waals surface area contributed by atoms with Gasteiger partial charge in [0.15, 0.2) is 0 Å². The third-order valence-corrected chi connectivity index (χ3v) is 2.78. The molecule has 4 heteroatoms. The fourth-order valence-corrected chi connectivity index (χ4v) is 2.00. The Morgan fingerprint density at radius 3 is 2.67 bits per heavy atom. The topological polar surface area (TPSA) is 54.4 Å². The molecule has 0 aromatic rings. The number of rotatable bonds is 5. The molecule has 82 valence electrons. The summed E-state index contributed by atoms with van der Waals surface area (Å²) in [6.07, 6.45) is 3.01. The standard InChI is InChI=1S/C11H15NO3/c1-3-6-12(7-4-5-10(12)13)8-9(2)11(14)15/h3H,1-2,4-8H2/p+1. The van der Waals surface area contributed by atoms with E-state index in [1.807, 2.05) is 0 Å². The number of quaternary nitrogens is 1. The van der Waals surface area contributed by atoms with Crippen LogP contribution >= 0.6 is 0 Å². The van der Waals surface area contributed by atoms with E-state index in [9.17, 15) is 9.59 Å². The van der Waals surface area contributed by atoms with Gasteiger partial charge in [-0.25, -0.2) is 9.59 Å². The number of carbonyl (C=O) groups excluding carboxylic acids is 1. The van der Waals surface area contributed by atoms with Crippen LogP contribution in [0.2, 0.25) is 0 Å². The number of aliphatic carboxylic acids is 1. The average molecular weight is 210 g/mol. The van der Waals surface area contributed by atoms with Crippen LogP contribution in [0.4, 0.5) is 0 Å². The van der Waals surface area contributed by atoms with Crippen molar-refractivity contribution in [2.75, 3.05) is 19.6 Å². The van der Waals surface area contributed by atoms with E-state index in [4.69, 9.17) is 5.11 Å². The Balaban J connectivity index is 2.82. The highest BCUT2D eigenvalue weighted by atomic mass is 16.4. The normalized spacial score (nSPS) is 25.2. The monoisotopic (exact) mass is 210 g/mol. The number of hydrogen-bond donors (Lipinski definition) is 1. The molecule has 1 unspecified atom stereocenters. The second-order valence-corrected chi connectivity index (χ2v) is 3.90. The molecule has 0 spiro atoms. The molecule has 0 bridgehead atoms. The van der Waals surface area contributed by atoms with E-state index in [1.165, 1.54) is 0 Å². The molecule has 1 atom stereocenters. The minimum atomic E-state index is -1.03. The van der Waals surface area contributed by atoms with E-state index in [0.717, 1.165) is 6.42 Å². The Morgan fingerprint density at radius 2 is 2.27 bits per heavy atom. The summed E-state index contributed by atoms with van der Waals surface area (Å²) in [7, 11) is 0. The molecule has 1 fully saturated rings. The van der Waals surface area contributed by atoms with Gasteiger partial charge >= 0.3 is 11.9 Å². The van der Waals surface area contributed by atoms with Gasteiger partial charge in [-0.2, -0.15) is 0 Å². The van der Waals surface area contributed by atoms with E-state index < -0.39 is 5.97 Å². The molecular formula is C11H16NO3+. The van der Waals surface area contributed by atoms with Crippen molar-refractivity contribution in [3.05, 3.63) is 24.8 Å². The molecular weight excluding hydrogens is 194 g/mol. The number of carbonyl (C=O) groups is 2. The average Bonchev–Trinajstić information content (AvgIpc) is 2.48. The van der Waals surface area contributed by atoms with Gasteiger partial charge in [0, 0.05) is 6.42 Å². The molecule has 1 saturated heterocycles. The molecule has 0 aliphatic carbocycles. The first-order valence-electron chi connectivity index (χ1n) is 4.93. The van der Waals surface area contributed by atoms with E-state index in [2.05, 4.69) is 13.2 Å². The number of nitrogens with zero attached hydrogens (tertiary/aromatic N) is 1. The molecule has 0 radical (unpaired) electrons. The molecule has 4 nitrogen and oxygen atoms in total. The van der Waals surface area contributed by atoms with E-state index in [-0.39, 0.29) is 22.5 Å². The van der Waals surface area contributed by atoms with Crippen molar-refractivity contribution in [3.63, 3.8) is 0 Å². The van der Waals surface area contributed by atoms with Gasteiger partial charge in [0.05, 0.1) is 18.5 Å². The third-order valence-electron chi connectivity index (χ3n) is 2.78. The second-order valence-electron chi connectivity index (χ2n) is 3.90. The zero-order valence-electron chi connectivity index (χ0n) is 8.74. The van der Waals surface area contributed by atoms with Crippen LogP contribution in [0.3, 0.4) is 0 Å². The molecule has 15 heavy (non-hydrogen) atoms. The lowest BCUT2D eigenvalue weighted by Gasteiger charge is -2.30. The number of amides is 1. The van der Waals surface area contributed by atoms with Gasteiger partial charge < -0.3 is 5.11 Å². The van der Waals surface area contributed by atoms with E-state index >= 15 is 0 Å². The first-order valence-corrected chi connectivity index (χ1v) is 4.93. The van der Waals surface area contributed by atoms with Gasteiger partial charge in [0.1, 0.15) is 13.1 Å². The van der Waals surface area contributed by atoms with Crippen molar-refractivity contribution < 1.29 is 19.2 Å². The Labute approximate surface area is 89.1 Å². The predicted octanol–water partition coefficient (Wildman–Crippen LogP) is 0.950. The summed E-state index contributed by atoms with van der Waals surface area (Å²) in [5.41, 5.74) is 0.0899. The number of carboxylic acids is 1. The summed E-state index contributed by atoms with van der Waals surface area (Å²) in [6.45, 7) is 8.47. The maximum Gasteiger partial charge on any atom is 0.336 e. The van der Waals surface area contributed by atoms with Crippen LogP contribution in [0.1, 0.15) is 12.8 Å². The summed E-state index contributed by atoms with van der Waals surface area (Å²) in [5, 5.41) is 8.76. The SMILES string of the molecule is C=CC[N+]1(CC(=C)C(=O)O)CCCC1=O. The Bertz CT molecular complexity index is 322. The molecule has 1 aliphatic heterocycles. The molecule has 1 heterocycles. The highest BCUT2D eigenvalue weighted by Crippen LogP contribution is 2.22. The summed E-state index contributed by atoms with van der Waals surface area (Å²) < 4.78 is 0.175. The van der Waals surface area contributed by atoms with Gasteiger partial charge in [0.2, 0.25) is 0 Å². The highest BCUT2D eigenvalue weighted by Gasteiger charge is 2.41. The van der Waals surface area contributed by atoms with Crippen LogP contribution in [0, 0.1) is 0 Å². The molecule has 1 aliphatic rings. The molecule has 1 N–H and O–H groups in total. The molecule has 1 amide bonds. The zero-order valence-corrected chi connectivity index (χ0v) is 8.74. The smallest absolute Gasteiger partial charge is 0.336 e. The number of hydrogen-bond acceptors (Lipinski definition) is 2. The van der Waals surface area contributed by atoms with Crippen LogP contribution in [0.5, 0.6) is 0 Å². The Kier molecular flexibility index (Phi) is 3.42. The van der Waals surface area contributed by atoms with Gasteiger partial charge in [-0.05, 0) is 6.08 Å². The quantitative estimate of drug-likeness (QED) is 0.417. The first kappa shape index (κ1) is 11.7. The molecule has 0 aromatic carbocycles. The minimum Gasteiger partial charge on any atom is -0.478 e. The number of carboxylic acid groups (broad SMARTS) is 1. The maximum atomic E-state index is 11.7. The Hall–Kier alpha value is -1.42. The van der Waals surface area contributed by atoms with Crippen molar-refractivity contribution in [3.8, 4) is 0 Å². The fraction of sp³-hybridized carbons (Fsp3) is 0.455. The van der Waals surface area contributed by atoms with Crippen molar-refractivity contribution in [1.82, 2.24) is 0 Å². The number of likely N-dealkylation sites (tertiary alicyclic amines) is 1. The lowest BCUT2D eigenvalue weighted by atomic mass is 10.2. The van der Waals surface area contributed by atoms with Gasteiger partial charge in [-0.1, -0.05) is 13.2 Å². The fourth-order valence-electron chi connectivity index (χ4n) is 2.00. The molecule has 1 rings (SSSR count). The van der Waals surface area contributed by atoms with Crippen molar-refractivity contribution in [2.24, 2.45) is 0 Å². The lowest BCUT2D eigenvalue weighted by Crippen LogP contribution is -2.50. The van der Waals surface area contributed by atoms with Crippen LogP contribution in [-0.4, -0.2) is 41.1 Å². The van der Waals surface area contributed by atoms with Gasteiger partial charge in [0.25, 0.3) is 0 Å². The summed E-state index contributed by atoms with van der Waals surface area (Å²) in [5.74, 6) is -0.937. The lowest BCUT2D eigenvalue weighted by molar-refractivity contribution is -0.835. The summed E-state index contributed by atoms with van der Waals surface area (Å²) in [4.78, 5) is 22.4. The van der Waals surface area contributed by atoms with Crippen molar-refractivity contribution in [1.29, 1.82) is 0 Å². The van der Waals surface area contributed by atoms with Gasteiger partial charge in [-0.3, -0.25) is 4.48 Å². The van der Waals surface area contributed by atoms with Crippen LogP contribution in [-0.2, 0) is 9.59 Å². The van der Waals surface area contributed by atoms with Crippen molar-refractivity contribution >= 4 is 11.9 Å². The van der Waals surface area contributed by atoms with E-state index in [0.29, 0.717) is 19.5 Å². The predicted molar refractivity (Wildman–Crippen MR) is 56.1 cm³/mol. The molecule has 0 aromatic heterocycles. The highest BCUT2D eigenvalue weighted by molar-refractivity contribution is 5.86. The third kappa shape index (κ3) is 2.33. The van der Waals surface area contributed by atoms with Crippen LogP contribution in [0.15, 0.2) is 24.8 Å². The zero-order chi connectivity index (χ0) is 11.5. The largest absolute Gasteiger partial charge is 0.478 e. The van der Waals surface area contributed by atoms with Crippen LogP contribution in [0.25, 0.3) is 0 Å². The maximum absolute atomic E-state index is 11.7. The van der Waals surface area contributed by atoms with Crippen LogP contribution < -0.4 is 0 Å². The molecule has 0 saturated carbocycles. The first-order chi connectivity index (χ1) is 7.02. The summed E-state index contributed by atoms with van der Waals surface area (Å²) >= 11 is 0. The second kappa shape index (κ2) is 4.40. The van der Waals surface area contributed by atoms with Gasteiger partial charge in [-0.15, -0.1) is 0 Å². The minimum absolute atomic E-state index is 0.0899. The Morgan fingerprint density at radius 1 is 1.60 bits per heavy atom. The van der Waals surface area contributed by atoms with Crippen molar-refractivity contribution in [2.45, 2.75) is 12.8 Å². The summed E-state index contributed by atoms with van der Waals surface area (Å²) in [6, 6.07) is 0. The van der Waals surface area contributed by atoms with E-state index in [1.54, 1.807) is 6.08 Å².